The minimum Gasteiger partial charge on any atom is -0.480 e. The summed E-state index contributed by atoms with van der Waals surface area (Å²) in [6.07, 6.45) is -8.49. The summed E-state index contributed by atoms with van der Waals surface area (Å²) >= 11 is 0. The summed E-state index contributed by atoms with van der Waals surface area (Å²) in [7, 11) is 0. The summed E-state index contributed by atoms with van der Waals surface area (Å²) in [6.45, 7) is 2.98. The van der Waals surface area contributed by atoms with Crippen molar-refractivity contribution in [3.05, 3.63) is 59.7 Å². The highest BCUT2D eigenvalue weighted by molar-refractivity contribution is 5.81. The molecule has 1 fully saturated rings. The highest BCUT2D eigenvalue weighted by Crippen LogP contribution is 2.44. The number of carbonyl (C=O) groups is 6. The van der Waals surface area contributed by atoms with Crippen molar-refractivity contribution >= 4 is 35.9 Å². The number of carboxylic acids is 1. The van der Waals surface area contributed by atoms with Crippen LogP contribution in [-0.2, 0) is 57.1 Å². The fraction of sp³-hybridized carbons (Fsp3) is 0.438. The Hall–Kier alpha value is -5.02. The van der Waals surface area contributed by atoms with Gasteiger partial charge in [-0.15, -0.1) is 0 Å². The lowest BCUT2D eigenvalue weighted by Crippen LogP contribution is -2.63. The quantitative estimate of drug-likeness (QED) is 0.248. The number of nitrogens with one attached hydrogen (secondary N) is 1. The Morgan fingerprint density at radius 1 is 0.723 bits per heavy atom. The number of rotatable bonds is 12. The van der Waals surface area contributed by atoms with Crippen LogP contribution in [0.1, 0.15) is 44.7 Å². The maximum absolute atomic E-state index is 12.8. The summed E-state index contributed by atoms with van der Waals surface area (Å²) in [4.78, 5) is 72.4. The fourth-order valence-corrected chi connectivity index (χ4v) is 5.47. The van der Waals surface area contributed by atoms with Crippen molar-refractivity contribution in [2.75, 3.05) is 19.8 Å². The number of amides is 1. The Morgan fingerprint density at radius 3 is 1.79 bits per heavy atom. The van der Waals surface area contributed by atoms with Crippen LogP contribution >= 0.6 is 0 Å². The lowest BCUT2D eigenvalue weighted by molar-refractivity contribution is -0.308. The van der Waals surface area contributed by atoms with Crippen molar-refractivity contribution in [2.45, 2.75) is 70.4 Å². The molecule has 2 aromatic carbocycles. The molecule has 1 heterocycles. The van der Waals surface area contributed by atoms with E-state index in [1.165, 1.54) is 0 Å². The molecule has 2 aliphatic rings. The number of aliphatic carboxylic acids is 1. The molecule has 1 aliphatic heterocycles. The first-order valence-electron chi connectivity index (χ1n) is 14.6. The molecule has 4 rings (SSSR count). The van der Waals surface area contributed by atoms with Gasteiger partial charge in [0, 0.05) is 33.6 Å². The summed E-state index contributed by atoms with van der Waals surface area (Å²) in [5.41, 5.74) is 3.95. The molecule has 1 aliphatic carbocycles. The van der Waals surface area contributed by atoms with Gasteiger partial charge in [0.25, 0.3) is 0 Å². The normalized spacial score (nSPS) is 22.1. The molecule has 2 aromatic rings. The second-order valence-electron chi connectivity index (χ2n) is 10.8. The Balaban J connectivity index is 1.48. The smallest absolute Gasteiger partial charge is 0.407 e. The van der Waals surface area contributed by atoms with Crippen LogP contribution in [0, 0.1) is 0 Å². The van der Waals surface area contributed by atoms with Gasteiger partial charge in [-0.1, -0.05) is 48.5 Å². The summed E-state index contributed by atoms with van der Waals surface area (Å²) in [5, 5.41) is 12.1. The molecular weight excluding hydrogens is 622 g/mol. The highest BCUT2D eigenvalue weighted by atomic mass is 16.7. The van der Waals surface area contributed by atoms with Crippen LogP contribution in [0.25, 0.3) is 11.1 Å². The third-order valence-corrected chi connectivity index (χ3v) is 7.31. The topological polar surface area (TPSA) is 199 Å². The van der Waals surface area contributed by atoms with Crippen molar-refractivity contribution in [2.24, 2.45) is 0 Å². The predicted octanol–water partition coefficient (Wildman–Crippen LogP) is 2.08. The molecule has 1 amide bonds. The van der Waals surface area contributed by atoms with E-state index < -0.39 is 85.9 Å². The number of alkyl carbamates (subject to hydrolysis) is 1. The zero-order valence-electron chi connectivity index (χ0n) is 26.0. The van der Waals surface area contributed by atoms with E-state index in [0.717, 1.165) is 49.9 Å². The molecular formula is C32H35NO14. The van der Waals surface area contributed by atoms with Crippen LogP contribution in [0.5, 0.6) is 0 Å². The molecule has 0 bridgehead atoms. The first-order valence-corrected chi connectivity index (χ1v) is 14.6. The Bertz CT molecular complexity index is 1460. The highest BCUT2D eigenvalue weighted by Gasteiger charge is 2.53. The van der Waals surface area contributed by atoms with E-state index in [1.807, 2.05) is 48.5 Å². The second kappa shape index (κ2) is 15.5. The zero-order chi connectivity index (χ0) is 34.2. The van der Waals surface area contributed by atoms with Gasteiger partial charge in [0.1, 0.15) is 19.3 Å². The van der Waals surface area contributed by atoms with Gasteiger partial charge < -0.3 is 43.6 Å². The summed E-state index contributed by atoms with van der Waals surface area (Å²) in [5.74, 6) is -5.01. The molecule has 47 heavy (non-hydrogen) atoms. The van der Waals surface area contributed by atoms with E-state index in [4.69, 9.17) is 33.2 Å². The van der Waals surface area contributed by atoms with Crippen LogP contribution in [-0.4, -0.2) is 97.6 Å². The predicted molar refractivity (Wildman–Crippen MR) is 158 cm³/mol. The minimum absolute atomic E-state index is 0.0766. The number of carboxylic acid groups (broad SMARTS) is 1. The molecule has 0 saturated carbocycles. The van der Waals surface area contributed by atoms with E-state index in [1.54, 1.807) is 0 Å². The van der Waals surface area contributed by atoms with Crippen LogP contribution in [0.4, 0.5) is 4.79 Å². The van der Waals surface area contributed by atoms with E-state index in [9.17, 15) is 33.9 Å². The molecule has 0 spiro atoms. The molecule has 2 unspecified atom stereocenters. The van der Waals surface area contributed by atoms with Crippen molar-refractivity contribution in [1.29, 1.82) is 0 Å². The van der Waals surface area contributed by atoms with Gasteiger partial charge in [0.15, 0.2) is 30.6 Å². The van der Waals surface area contributed by atoms with Gasteiger partial charge in [-0.25, -0.2) is 9.59 Å². The van der Waals surface area contributed by atoms with Crippen LogP contribution in [0.3, 0.4) is 0 Å². The first-order chi connectivity index (χ1) is 22.3. The molecule has 15 nitrogen and oxygen atoms in total. The first kappa shape index (κ1) is 34.8. The third-order valence-electron chi connectivity index (χ3n) is 7.31. The zero-order valence-corrected chi connectivity index (χ0v) is 26.0. The lowest BCUT2D eigenvalue weighted by atomic mass is 9.98. The van der Waals surface area contributed by atoms with Crippen LogP contribution in [0.15, 0.2) is 48.5 Å². The number of hydrogen-bond acceptors (Lipinski definition) is 13. The molecule has 1 saturated heterocycles. The van der Waals surface area contributed by atoms with Crippen LogP contribution < -0.4 is 5.32 Å². The molecule has 6 atom stereocenters. The molecule has 15 heteroatoms. The van der Waals surface area contributed by atoms with Crippen molar-refractivity contribution in [3.63, 3.8) is 0 Å². The van der Waals surface area contributed by atoms with Gasteiger partial charge in [0.05, 0.1) is 6.61 Å². The average molecular weight is 658 g/mol. The Morgan fingerprint density at radius 2 is 1.26 bits per heavy atom. The average Bonchev–Trinajstić information content (AvgIpc) is 3.32. The largest absolute Gasteiger partial charge is 0.480 e. The standard InChI is InChI=1S/C32H35NO14/c1-16(34)41-15-26-27(44-17(2)35)28(45-18(3)36)29(46-19(4)37)31(47-26)42-14-25(30(38)39)33-32(40)43-13-24-22-11-7-5-9-20(22)21-10-6-8-12-23(21)24/h5-12,24-29,31H,13-15H2,1-4H3,(H,33,40)(H,38,39)/t25-,26?,27+,28-,29?,31+/m0/s1. The minimum atomic E-state index is -1.68. The number of benzene rings is 2. The van der Waals surface area contributed by atoms with Crippen LogP contribution in [0.2, 0.25) is 0 Å². The molecule has 0 radical (unpaired) electrons. The maximum atomic E-state index is 12.8. The maximum Gasteiger partial charge on any atom is 0.407 e. The van der Waals surface area contributed by atoms with E-state index >= 15 is 0 Å². The Kier molecular flexibility index (Phi) is 11.5. The van der Waals surface area contributed by atoms with Crippen molar-refractivity contribution < 1.29 is 67.0 Å². The number of hydrogen-bond donors (Lipinski definition) is 2. The molecule has 0 aromatic heterocycles. The monoisotopic (exact) mass is 657 g/mol. The van der Waals surface area contributed by atoms with E-state index in [0.29, 0.717) is 0 Å². The molecule has 2 N–H and O–H groups in total. The number of esters is 4. The number of carbonyl (C=O) groups excluding carboxylic acids is 5. The molecule has 252 valence electrons. The lowest BCUT2D eigenvalue weighted by Gasteiger charge is -2.44. The van der Waals surface area contributed by atoms with E-state index in [2.05, 4.69) is 5.32 Å². The van der Waals surface area contributed by atoms with E-state index in [-0.39, 0.29) is 12.5 Å². The van der Waals surface area contributed by atoms with Crippen molar-refractivity contribution in [3.8, 4) is 11.1 Å². The number of ether oxygens (including phenoxy) is 7. The fourth-order valence-electron chi connectivity index (χ4n) is 5.47. The Labute approximate surface area is 269 Å². The van der Waals surface area contributed by atoms with Gasteiger partial charge in [-0.2, -0.15) is 0 Å². The third kappa shape index (κ3) is 8.83. The SMILES string of the molecule is CC(=O)OCC1O[C@@H](OC[C@H](NC(=O)OCC2c3ccccc3-c3ccccc32)C(=O)O)C(OC(C)=O)[C@@H](OC(C)=O)[C@@H]1OC(C)=O. The van der Waals surface area contributed by atoms with Crippen molar-refractivity contribution in [1.82, 2.24) is 5.32 Å². The van der Waals surface area contributed by atoms with Gasteiger partial charge in [-0.3, -0.25) is 19.2 Å². The van der Waals surface area contributed by atoms with Gasteiger partial charge in [0.2, 0.25) is 0 Å². The summed E-state index contributed by atoms with van der Waals surface area (Å²) < 4.78 is 37.9. The van der Waals surface area contributed by atoms with Gasteiger partial charge >= 0.3 is 35.9 Å². The second-order valence-corrected chi connectivity index (χ2v) is 10.8. The van der Waals surface area contributed by atoms with Gasteiger partial charge in [-0.05, 0) is 22.3 Å². The summed E-state index contributed by atoms with van der Waals surface area (Å²) in [6, 6.07) is 13.7. The number of fused-ring (bicyclic) bond motifs is 3.